The van der Waals surface area contributed by atoms with Crippen molar-refractivity contribution in [2.24, 2.45) is 17.8 Å². The third kappa shape index (κ3) is 3.90. The second kappa shape index (κ2) is 8.03. The standard InChI is InChI=1S/C21H27N3O4.ClH/c25-19(18-16-12-22-13-17(16)18)23-8-6-21(7-9-23)14-24(20(26)28-21)10-11-27-15-4-2-1-3-5-15;/h1-5,16-18,22H,6-14H2;1H/t16-,17+,18?;. The average Bonchev–Trinajstić information content (AvgIpc) is 3.03. The number of fused-ring (bicyclic) bond motifs is 1. The molecule has 0 radical (unpaired) electrons. The van der Waals surface area contributed by atoms with Crippen LogP contribution in [-0.4, -0.2) is 73.3 Å². The number of hydrogen-bond acceptors (Lipinski definition) is 5. The summed E-state index contributed by atoms with van der Waals surface area (Å²) in [7, 11) is 0. The number of nitrogens with zero attached hydrogens (tertiary/aromatic N) is 2. The Balaban J connectivity index is 0.00000205. The number of hydrogen-bond donors (Lipinski definition) is 1. The number of amides is 2. The molecule has 3 saturated heterocycles. The Hall–Kier alpha value is -1.99. The first-order valence-corrected chi connectivity index (χ1v) is 10.3. The zero-order chi connectivity index (χ0) is 19.1. The summed E-state index contributed by atoms with van der Waals surface area (Å²) in [6.07, 6.45) is 1.18. The van der Waals surface area contributed by atoms with Crippen molar-refractivity contribution in [2.75, 3.05) is 45.9 Å². The van der Waals surface area contributed by atoms with Crippen molar-refractivity contribution < 1.29 is 19.1 Å². The molecule has 3 atom stereocenters. The van der Waals surface area contributed by atoms with Crippen LogP contribution in [0.5, 0.6) is 5.75 Å². The second-order valence-corrected chi connectivity index (χ2v) is 8.47. The summed E-state index contributed by atoms with van der Waals surface area (Å²) < 4.78 is 11.5. The summed E-state index contributed by atoms with van der Waals surface area (Å²) in [5.74, 6) is 2.44. The minimum absolute atomic E-state index is 0. The lowest BCUT2D eigenvalue weighted by atomic mass is 9.91. The van der Waals surface area contributed by atoms with E-state index in [9.17, 15) is 9.59 Å². The number of carbonyl (C=O) groups is 2. The van der Waals surface area contributed by atoms with E-state index in [1.54, 1.807) is 4.90 Å². The average molecular weight is 422 g/mol. The predicted octanol–water partition coefficient (Wildman–Crippen LogP) is 1.77. The Morgan fingerprint density at radius 1 is 1.17 bits per heavy atom. The number of ether oxygens (including phenoxy) is 2. The number of benzene rings is 1. The van der Waals surface area contributed by atoms with Gasteiger partial charge in [-0.25, -0.2) is 4.79 Å². The van der Waals surface area contributed by atoms with Crippen molar-refractivity contribution in [3.63, 3.8) is 0 Å². The Kier molecular flexibility index (Phi) is 5.62. The molecule has 1 aliphatic carbocycles. The quantitative estimate of drug-likeness (QED) is 0.784. The van der Waals surface area contributed by atoms with E-state index >= 15 is 0 Å². The maximum absolute atomic E-state index is 12.7. The molecule has 0 aromatic heterocycles. The smallest absolute Gasteiger partial charge is 0.410 e. The van der Waals surface area contributed by atoms with Crippen molar-refractivity contribution in [3.05, 3.63) is 30.3 Å². The van der Waals surface area contributed by atoms with Crippen LogP contribution in [0, 0.1) is 17.8 Å². The van der Waals surface area contributed by atoms with Crippen LogP contribution in [0.1, 0.15) is 12.8 Å². The summed E-state index contributed by atoms with van der Waals surface area (Å²) in [6.45, 7) is 4.88. The number of nitrogens with one attached hydrogen (secondary N) is 1. The van der Waals surface area contributed by atoms with Gasteiger partial charge in [0.2, 0.25) is 5.91 Å². The zero-order valence-electron chi connectivity index (χ0n) is 16.4. The van der Waals surface area contributed by atoms with E-state index in [4.69, 9.17) is 9.47 Å². The van der Waals surface area contributed by atoms with E-state index in [1.165, 1.54) is 0 Å². The monoisotopic (exact) mass is 421 g/mol. The molecule has 1 N–H and O–H groups in total. The Labute approximate surface area is 177 Å². The molecule has 29 heavy (non-hydrogen) atoms. The number of carbonyl (C=O) groups excluding carboxylic acids is 2. The van der Waals surface area contributed by atoms with Gasteiger partial charge in [-0.05, 0) is 37.1 Å². The molecule has 1 unspecified atom stereocenters. The molecule has 2 amide bonds. The highest BCUT2D eigenvalue weighted by Gasteiger charge is 2.58. The normalized spacial score (nSPS) is 29.2. The van der Waals surface area contributed by atoms with Gasteiger partial charge in [-0.15, -0.1) is 12.4 Å². The van der Waals surface area contributed by atoms with Crippen molar-refractivity contribution in [1.29, 1.82) is 0 Å². The van der Waals surface area contributed by atoms with Crippen LogP contribution in [-0.2, 0) is 9.53 Å². The molecule has 7 nitrogen and oxygen atoms in total. The van der Waals surface area contributed by atoms with Crippen LogP contribution in [0.2, 0.25) is 0 Å². The summed E-state index contributed by atoms with van der Waals surface area (Å²) >= 11 is 0. The minimum atomic E-state index is -0.443. The van der Waals surface area contributed by atoms with Gasteiger partial charge >= 0.3 is 6.09 Å². The van der Waals surface area contributed by atoms with Crippen LogP contribution in [0.15, 0.2) is 30.3 Å². The highest BCUT2D eigenvalue weighted by atomic mass is 35.5. The van der Waals surface area contributed by atoms with Crippen molar-refractivity contribution >= 4 is 24.4 Å². The third-order valence-electron chi connectivity index (χ3n) is 6.78. The summed E-state index contributed by atoms with van der Waals surface area (Å²) in [5.41, 5.74) is -0.443. The van der Waals surface area contributed by atoms with Gasteiger partial charge in [0.15, 0.2) is 0 Å². The molecule has 5 rings (SSSR count). The number of likely N-dealkylation sites (tertiary alicyclic amines) is 1. The van der Waals surface area contributed by atoms with Gasteiger partial charge in [0.1, 0.15) is 18.0 Å². The molecular weight excluding hydrogens is 394 g/mol. The molecule has 158 valence electrons. The molecule has 3 heterocycles. The van der Waals surface area contributed by atoms with Gasteiger partial charge in [-0.3, -0.25) is 4.79 Å². The van der Waals surface area contributed by atoms with E-state index in [0.717, 1.165) is 31.7 Å². The lowest BCUT2D eigenvalue weighted by Gasteiger charge is -2.37. The fraction of sp³-hybridized carbons (Fsp3) is 0.619. The number of rotatable bonds is 5. The van der Waals surface area contributed by atoms with E-state index in [2.05, 4.69) is 5.32 Å². The zero-order valence-corrected chi connectivity index (χ0v) is 17.2. The third-order valence-corrected chi connectivity index (χ3v) is 6.78. The topological polar surface area (TPSA) is 71.1 Å². The summed E-state index contributed by atoms with van der Waals surface area (Å²) in [4.78, 5) is 28.8. The highest BCUT2D eigenvalue weighted by Crippen LogP contribution is 2.50. The maximum atomic E-state index is 12.7. The lowest BCUT2D eigenvalue weighted by Crippen LogP contribution is -2.49. The number of para-hydroxylation sites is 1. The Bertz CT molecular complexity index is 744. The fourth-order valence-corrected chi connectivity index (χ4v) is 5.05. The Morgan fingerprint density at radius 3 is 2.55 bits per heavy atom. The molecule has 1 aromatic carbocycles. The summed E-state index contributed by atoms with van der Waals surface area (Å²) in [6, 6.07) is 9.60. The van der Waals surface area contributed by atoms with Gasteiger partial charge in [-0.2, -0.15) is 0 Å². The predicted molar refractivity (Wildman–Crippen MR) is 109 cm³/mol. The molecule has 1 spiro atoms. The van der Waals surface area contributed by atoms with Crippen molar-refractivity contribution in [2.45, 2.75) is 18.4 Å². The summed E-state index contributed by atoms with van der Waals surface area (Å²) in [5, 5.41) is 3.34. The van der Waals surface area contributed by atoms with E-state index in [0.29, 0.717) is 50.5 Å². The van der Waals surface area contributed by atoms with Gasteiger partial charge in [-0.1, -0.05) is 18.2 Å². The van der Waals surface area contributed by atoms with Crippen molar-refractivity contribution in [3.8, 4) is 5.75 Å². The van der Waals surface area contributed by atoms with Gasteiger partial charge in [0.05, 0.1) is 13.1 Å². The molecule has 0 bridgehead atoms. The van der Waals surface area contributed by atoms with Crippen LogP contribution in [0.4, 0.5) is 4.79 Å². The van der Waals surface area contributed by atoms with Crippen LogP contribution < -0.4 is 10.1 Å². The first-order valence-electron chi connectivity index (χ1n) is 10.3. The van der Waals surface area contributed by atoms with Crippen LogP contribution in [0.3, 0.4) is 0 Å². The first-order chi connectivity index (χ1) is 13.7. The van der Waals surface area contributed by atoms with E-state index < -0.39 is 5.60 Å². The van der Waals surface area contributed by atoms with Crippen LogP contribution >= 0.6 is 12.4 Å². The number of halogens is 1. The minimum Gasteiger partial charge on any atom is -0.492 e. The van der Waals surface area contributed by atoms with E-state index in [1.807, 2.05) is 35.2 Å². The van der Waals surface area contributed by atoms with E-state index in [-0.39, 0.29) is 24.4 Å². The largest absolute Gasteiger partial charge is 0.492 e. The molecule has 1 aromatic rings. The molecule has 8 heteroatoms. The first kappa shape index (κ1) is 20.3. The van der Waals surface area contributed by atoms with Gasteiger partial charge < -0.3 is 24.6 Å². The van der Waals surface area contributed by atoms with Crippen LogP contribution in [0.25, 0.3) is 0 Å². The molecule has 1 saturated carbocycles. The molecular formula is C21H28ClN3O4. The fourth-order valence-electron chi connectivity index (χ4n) is 5.05. The van der Waals surface area contributed by atoms with Gasteiger partial charge in [0.25, 0.3) is 0 Å². The number of piperidine rings is 2. The lowest BCUT2D eigenvalue weighted by molar-refractivity contribution is -0.136. The van der Waals surface area contributed by atoms with Crippen molar-refractivity contribution in [1.82, 2.24) is 15.1 Å². The van der Waals surface area contributed by atoms with Gasteiger partial charge in [0, 0.05) is 31.8 Å². The molecule has 3 aliphatic heterocycles. The molecule has 4 fully saturated rings. The SMILES string of the molecule is Cl.O=C1OC2(CCN(C(=O)C3[C@H]4CNC[C@@H]34)CC2)CN1CCOc1ccccc1. The maximum Gasteiger partial charge on any atom is 0.410 e. The molecule has 4 aliphatic rings. The second-order valence-electron chi connectivity index (χ2n) is 8.47. The highest BCUT2D eigenvalue weighted by molar-refractivity contribution is 5.85. The Morgan fingerprint density at radius 2 is 1.86 bits per heavy atom.